The van der Waals surface area contributed by atoms with Gasteiger partial charge in [-0.05, 0) is 31.2 Å². The van der Waals surface area contributed by atoms with Crippen molar-refractivity contribution in [2.24, 2.45) is 4.99 Å². The van der Waals surface area contributed by atoms with Crippen molar-refractivity contribution in [3.8, 4) is 5.69 Å². The zero-order chi connectivity index (χ0) is 20.2. The maximum absolute atomic E-state index is 14.4. The third-order valence-corrected chi connectivity index (χ3v) is 4.77. The normalized spacial score (nSPS) is 13.6. The first-order valence-corrected chi connectivity index (χ1v) is 8.38. The van der Waals surface area contributed by atoms with E-state index in [0.29, 0.717) is 11.6 Å². The van der Waals surface area contributed by atoms with Crippen LogP contribution in [0.25, 0.3) is 5.69 Å². The van der Waals surface area contributed by atoms with Gasteiger partial charge in [0.05, 0.1) is 27.5 Å². The highest BCUT2D eigenvalue weighted by Gasteiger charge is 2.37. The highest BCUT2D eigenvalue weighted by molar-refractivity contribution is 6.37. The Bertz CT molecular complexity index is 1110. The fraction of sp³-hybridized carbons (Fsp3) is 0.167. The SMILES string of the molecule is Cc1nnc2n1-c1ccc(C(F)(F)F)c(Cl)c1C(c1c(F)cccc1F)=NC2. The molecule has 2 heterocycles. The zero-order valence-corrected chi connectivity index (χ0v) is 14.9. The molecule has 1 aromatic heterocycles. The number of benzene rings is 2. The van der Waals surface area contributed by atoms with E-state index >= 15 is 0 Å². The van der Waals surface area contributed by atoms with Gasteiger partial charge in [0.15, 0.2) is 5.82 Å². The van der Waals surface area contributed by atoms with Crippen LogP contribution in [0.1, 0.15) is 28.3 Å². The van der Waals surface area contributed by atoms with Gasteiger partial charge >= 0.3 is 6.18 Å². The summed E-state index contributed by atoms with van der Waals surface area (Å²) in [5.41, 5.74) is -2.07. The lowest BCUT2D eigenvalue weighted by Gasteiger charge is -2.18. The molecule has 3 aromatic rings. The van der Waals surface area contributed by atoms with Gasteiger partial charge in [-0.3, -0.25) is 9.56 Å². The van der Waals surface area contributed by atoms with Crippen molar-refractivity contribution < 1.29 is 22.0 Å². The van der Waals surface area contributed by atoms with Crippen LogP contribution in [0, 0.1) is 18.6 Å². The molecule has 1 aliphatic heterocycles. The summed E-state index contributed by atoms with van der Waals surface area (Å²) in [6.45, 7) is 1.46. The lowest BCUT2D eigenvalue weighted by atomic mass is 9.97. The number of aryl methyl sites for hydroxylation is 1. The van der Waals surface area contributed by atoms with Gasteiger partial charge in [-0.1, -0.05) is 17.7 Å². The van der Waals surface area contributed by atoms with Crippen LogP contribution in [0.5, 0.6) is 0 Å². The predicted molar refractivity (Wildman–Crippen MR) is 91.8 cm³/mol. The lowest BCUT2D eigenvalue weighted by molar-refractivity contribution is -0.137. The molecule has 28 heavy (non-hydrogen) atoms. The van der Waals surface area contributed by atoms with Crippen LogP contribution in [-0.4, -0.2) is 20.5 Å². The van der Waals surface area contributed by atoms with Crippen molar-refractivity contribution in [2.45, 2.75) is 19.6 Å². The Balaban J connectivity index is 2.11. The third-order valence-electron chi connectivity index (χ3n) is 4.37. The Morgan fingerprint density at radius 2 is 1.68 bits per heavy atom. The smallest absolute Gasteiger partial charge is 0.281 e. The van der Waals surface area contributed by atoms with E-state index in [1.807, 2.05) is 0 Å². The number of halogens is 6. The molecule has 0 spiro atoms. The Morgan fingerprint density at radius 1 is 1.00 bits per heavy atom. The maximum atomic E-state index is 14.4. The molecular weight excluding hydrogens is 403 g/mol. The van der Waals surface area contributed by atoms with Crippen molar-refractivity contribution >= 4 is 17.3 Å². The van der Waals surface area contributed by atoms with Gasteiger partial charge in [-0.15, -0.1) is 10.2 Å². The molecule has 0 N–H and O–H groups in total. The van der Waals surface area contributed by atoms with Crippen molar-refractivity contribution in [1.29, 1.82) is 0 Å². The van der Waals surface area contributed by atoms with E-state index in [-0.39, 0.29) is 23.5 Å². The second-order valence-corrected chi connectivity index (χ2v) is 6.46. The first-order chi connectivity index (χ1) is 13.2. The zero-order valence-electron chi connectivity index (χ0n) is 14.2. The van der Waals surface area contributed by atoms with E-state index in [0.717, 1.165) is 24.3 Å². The molecule has 0 unspecified atom stereocenters. The van der Waals surface area contributed by atoms with Crippen molar-refractivity contribution in [1.82, 2.24) is 14.8 Å². The van der Waals surface area contributed by atoms with Crippen LogP contribution in [0.15, 0.2) is 35.3 Å². The Kier molecular flexibility index (Phi) is 4.22. The Hall–Kier alpha value is -2.81. The number of nitrogens with zero attached hydrogens (tertiary/aromatic N) is 4. The first-order valence-electron chi connectivity index (χ1n) is 8.00. The standard InChI is InChI=1S/C18H10ClF5N4/c1-8-26-27-13-7-25-17(14-10(20)3-2-4-11(14)21)15-12(28(8)13)6-5-9(16(15)19)18(22,23)24/h2-6H,7H2,1H3. The molecule has 0 saturated heterocycles. The predicted octanol–water partition coefficient (Wildman–Crippen LogP) is 4.88. The number of aromatic nitrogens is 3. The van der Waals surface area contributed by atoms with Gasteiger partial charge in [0, 0.05) is 5.56 Å². The van der Waals surface area contributed by atoms with E-state index in [1.54, 1.807) is 6.92 Å². The van der Waals surface area contributed by atoms with Gasteiger partial charge in [-0.25, -0.2) is 8.78 Å². The molecule has 2 aromatic carbocycles. The van der Waals surface area contributed by atoms with Crippen LogP contribution < -0.4 is 0 Å². The van der Waals surface area contributed by atoms with Gasteiger partial charge in [0.1, 0.15) is 24.0 Å². The van der Waals surface area contributed by atoms with E-state index in [9.17, 15) is 22.0 Å². The molecule has 0 amide bonds. The van der Waals surface area contributed by atoms with Gasteiger partial charge in [-0.2, -0.15) is 13.2 Å². The Labute approximate surface area is 160 Å². The number of hydrogen-bond donors (Lipinski definition) is 0. The third kappa shape index (κ3) is 2.77. The second kappa shape index (κ2) is 6.37. The van der Waals surface area contributed by atoms with E-state index in [2.05, 4.69) is 15.2 Å². The highest BCUT2D eigenvalue weighted by atomic mass is 35.5. The number of fused-ring (bicyclic) bond motifs is 3. The summed E-state index contributed by atoms with van der Waals surface area (Å²) in [7, 11) is 0. The minimum Gasteiger partial charge on any atom is -0.281 e. The second-order valence-electron chi connectivity index (χ2n) is 6.08. The van der Waals surface area contributed by atoms with Crippen molar-refractivity contribution in [3.05, 3.63) is 75.3 Å². The fourth-order valence-electron chi connectivity index (χ4n) is 3.18. The van der Waals surface area contributed by atoms with Crippen LogP contribution in [-0.2, 0) is 12.7 Å². The minimum absolute atomic E-state index is 0.143. The number of hydrogen-bond acceptors (Lipinski definition) is 3. The maximum Gasteiger partial charge on any atom is 0.417 e. The molecule has 144 valence electrons. The molecule has 4 rings (SSSR count). The van der Waals surface area contributed by atoms with E-state index < -0.39 is 34.0 Å². The van der Waals surface area contributed by atoms with Crippen molar-refractivity contribution in [2.75, 3.05) is 0 Å². The van der Waals surface area contributed by atoms with Crippen LogP contribution in [0.3, 0.4) is 0 Å². The lowest BCUT2D eigenvalue weighted by Crippen LogP contribution is -2.16. The topological polar surface area (TPSA) is 43.1 Å². The van der Waals surface area contributed by atoms with Gasteiger partial charge in [0.25, 0.3) is 0 Å². The van der Waals surface area contributed by atoms with Crippen LogP contribution in [0.2, 0.25) is 5.02 Å². The average molecular weight is 413 g/mol. The molecule has 0 bridgehead atoms. The molecule has 10 heteroatoms. The number of alkyl halides is 3. The quantitative estimate of drug-likeness (QED) is 0.535. The van der Waals surface area contributed by atoms with Gasteiger partial charge in [0.2, 0.25) is 0 Å². The molecule has 4 nitrogen and oxygen atoms in total. The first kappa shape index (κ1) is 18.5. The molecular formula is C18H10ClF5N4. The molecule has 0 saturated carbocycles. The number of aliphatic imine (C=N–C) groups is 1. The Morgan fingerprint density at radius 3 is 2.32 bits per heavy atom. The minimum atomic E-state index is -4.76. The molecule has 0 atom stereocenters. The summed E-state index contributed by atoms with van der Waals surface area (Å²) >= 11 is 6.12. The fourth-order valence-corrected chi connectivity index (χ4v) is 3.53. The molecule has 0 radical (unpaired) electrons. The molecule has 1 aliphatic rings. The molecule has 0 fully saturated rings. The summed E-state index contributed by atoms with van der Waals surface area (Å²) in [6, 6.07) is 5.13. The summed E-state index contributed by atoms with van der Waals surface area (Å²) in [5.74, 6) is -1.25. The average Bonchev–Trinajstić information content (AvgIpc) is 2.88. The number of rotatable bonds is 1. The summed E-state index contributed by atoms with van der Waals surface area (Å²) in [6.07, 6.45) is -4.76. The highest BCUT2D eigenvalue weighted by Crippen LogP contribution is 2.41. The largest absolute Gasteiger partial charge is 0.417 e. The molecule has 0 aliphatic carbocycles. The monoisotopic (exact) mass is 412 g/mol. The van der Waals surface area contributed by atoms with Crippen LogP contribution >= 0.6 is 11.6 Å². The van der Waals surface area contributed by atoms with Crippen LogP contribution in [0.4, 0.5) is 22.0 Å². The summed E-state index contributed by atoms with van der Waals surface area (Å²) in [5, 5.41) is 7.14. The summed E-state index contributed by atoms with van der Waals surface area (Å²) < 4.78 is 70.6. The summed E-state index contributed by atoms with van der Waals surface area (Å²) in [4.78, 5) is 4.16. The van der Waals surface area contributed by atoms with E-state index in [4.69, 9.17) is 11.6 Å². The van der Waals surface area contributed by atoms with Crippen molar-refractivity contribution in [3.63, 3.8) is 0 Å². The van der Waals surface area contributed by atoms with E-state index in [1.165, 1.54) is 10.6 Å². The van der Waals surface area contributed by atoms with Gasteiger partial charge < -0.3 is 0 Å².